The third kappa shape index (κ3) is 4.48. The van der Waals surface area contributed by atoms with Gasteiger partial charge >= 0.3 is 5.91 Å². The van der Waals surface area contributed by atoms with Crippen molar-refractivity contribution in [2.45, 2.75) is 18.4 Å². The van der Waals surface area contributed by atoms with Gasteiger partial charge in [0.1, 0.15) is 4.70 Å². The average molecular weight is 515 g/mol. The number of rotatable bonds is 5. The van der Waals surface area contributed by atoms with E-state index in [9.17, 15) is 13.6 Å². The fourth-order valence-corrected chi connectivity index (χ4v) is 6.14. The Morgan fingerprint density at radius 1 is 1.26 bits per heavy atom. The van der Waals surface area contributed by atoms with Crippen LogP contribution in [0.4, 0.5) is 5.69 Å². The summed E-state index contributed by atoms with van der Waals surface area (Å²) >= 11 is 13.2. The molecule has 1 amide bonds. The summed E-state index contributed by atoms with van der Waals surface area (Å²) in [6.45, 7) is 2.74. The molecule has 1 unspecified atom stereocenters. The van der Waals surface area contributed by atoms with Gasteiger partial charge in [-0.1, -0.05) is 46.3 Å². The van der Waals surface area contributed by atoms with Crippen LogP contribution in [-0.4, -0.2) is 32.6 Å². The summed E-state index contributed by atoms with van der Waals surface area (Å²) in [5, 5.41) is 3.08. The number of halogens is 2. The van der Waals surface area contributed by atoms with Crippen LogP contribution in [0, 0.1) is 0 Å². The Morgan fingerprint density at radius 2 is 1.97 bits per heavy atom. The molecule has 0 saturated heterocycles. The first-order valence-electron chi connectivity index (χ1n) is 9.24. The summed E-state index contributed by atoms with van der Waals surface area (Å²) in [7, 11) is 1.30. The first-order valence-corrected chi connectivity index (χ1v) is 12.7. The maximum atomic E-state index is 12.6. The minimum absolute atomic E-state index is 0.0855. The van der Waals surface area contributed by atoms with Crippen molar-refractivity contribution in [3.63, 3.8) is 0 Å². The summed E-state index contributed by atoms with van der Waals surface area (Å²) < 4.78 is 24.2. The van der Waals surface area contributed by atoms with Gasteiger partial charge in [-0.05, 0) is 37.3 Å². The highest BCUT2D eigenvalue weighted by atomic mass is 35.5. The molecule has 6 nitrogen and oxygen atoms in total. The zero-order valence-electron chi connectivity index (χ0n) is 16.5. The number of benzene rings is 2. The summed E-state index contributed by atoms with van der Waals surface area (Å²) in [6.07, 6.45) is 2.03. The van der Waals surface area contributed by atoms with Crippen LogP contribution in [0.15, 0.2) is 46.3 Å². The molecular formula is C20H18Cl2N3O3S3+. The van der Waals surface area contributed by atoms with Gasteiger partial charge in [0.2, 0.25) is 12.1 Å². The lowest BCUT2D eigenvalue weighted by atomic mass is 10.3. The second kappa shape index (κ2) is 9.09. The van der Waals surface area contributed by atoms with Gasteiger partial charge in [0.25, 0.3) is 16.3 Å². The quantitative estimate of drug-likeness (QED) is 0.382. The molecule has 0 spiro atoms. The number of hydrogen-bond acceptors (Lipinski definition) is 5. The minimum Gasteiger partial charge on any atom is -0.335 e. The minimum atomic E-state index is -2.38. The second-order valence-electron chi connectivity index (χ2n) is 6.70. The molecule has 1 aromatic heterocycles. The predicted octanol–water partition coefficient (Wildman–Crippen LogP) is 5.02. The van der Waals surface area contributed by atoms with Crippen LogP contribution in [-0.2, 0) is 22.6 Å². The lowest BCUT2D eigenvalue weighted by Crippen LogP contribution is -2.45. The van der Waals surface area contributed by atoms with Crippen molar-refractivity contribution in [3.05, 3.63) is 56.5 Å². The number of thioether (sulfide) groups is 1. The van der Waals surface area contributed by atoms with Gasteiger partial charge in [0.15, 0.2) is 0 Å². The van der Waals surface area contributed by atoms with Crippen LogP contribution in [0.3, 0.4) is 0 Å². The van der Waals surface area contributed by atoms with Gasteiger partial charge in [0, 0.05) is 34.6 Å². The molecule has 0 saturated carbocycles. The van der Waals surface area contributed by atoms with Crippen molar-refractivity contribution in [1.82, 2.24) is 4.31 Å². The molecule has 4 rings (SSSR count). The van der Waals surface area contributed by atoms with E-state index in [4.69, 9.17) is 23.2 Å². The number of likely N-dealkylation sites (N-methyl/N-ethyl adjacent to an activating group) is 1. The Morgan fingerprint density at radius 3 is 2.68 bits per heavy atom. The Kier molecular flexibility index (Phi) is 6.62. The molecular weight excluding hydrogens is 497 g/mol. The number of amides is 1. The van der Waals surface area contributed by atoms with Crippen LogP contribution in [0.25, 0.3) is 16.3 Å². The first kappa shape index (κ1) is 22.6. The van der Waals surface area contributed by atoms with Gasteiger partial charge in [-0.15, -0.1) is 0 Å². The summed E-state index contributed by atoms with van der Waals surface area (Å²) in [5.41, 5.74) is 1.84. The summed E-state index contributed by atoms with van der Waals surface area (Å²) in [6, 6.07) is 11.3. The smallest absolute Gasteiger partial charge is 0.301 e. The molecule has 0 radical (unpaired) electrons. The van der Waals surface area contributed by atoms with Crippen LogP contribution in [0.2, 0.25) is 10.0 Å². The van der Waals surface area contributed by atoms with E-state index in [0.717, 1.165) is 41.7 Å². The number of carbonyl (C=O) groups is 1. The summed E-state index contributed by atoms with van der Waals surface area (Å²) in [5.74, 6) is -0.480. The fourth-order valence-electron chi connectivity index (χ4n) is 3.28. The number of fused-ring (bicyclic) bond motifs is 2. The van der Waals surface area contributed by atoms with E-state index in [1.165, 1.54) is 18.4 Å². The Bertz CT molecular complexity index is 1250. The predicted molar refractivity (Wildman–Crippen MR) is 129 cm³/mol. The van der Waals surface area contributed by atoms with Crippen molar-refractivity contribution < 1.29 is 18.1 Å². The normalized spacial score (nSPS) is 15.5. The third-order valence-electron chi connectivity index (χ3n) is 4.83. The van der Waals surface area contributed by atoms with E-state index >= 15 is 0 Å². The number of carbonyl (C=O) groups excluding carboxylic acids is 1. The Balaban J connectivity index is 1.80. The van der Waals surface area contributed by atoms with E-state index < -0.39 is 17.2 Å². The standard InChI is InChI=1S/C20H17Cl2N3O3S3/c1-3-24-14-8-12(21)4-6-16(14)29-19(24)10-20-25(11-18(26)23(2)31(27)28)15-9-13(22)5-7-17(15)30-20/h4-10H,3,11H2,1-2H3/p+1. The number of hydrogen-bond donors (Lipinski definition) is 1. The van der Waals surface area contributed by atoms with Gasteiger partial charge in [-0.25, -0.2) is 8.51 Å². The molecule has 1 N–H and O–H groups in total. The Hall–Kier alpha value is -1.62. The fraction of sp³-hybridized carbons (Fsp3) is 0.200. The topological polar surface area (TPSA) is 64.7 Å². The first-order chi connectivity index (χ1) is 14.8. The van der Waals surface area contributed by atoms with Gasteiger partial charge in [-0.2, -0.15) is 4.57 Å². The molecule has 1 aliphatic rings. The van der Waals surface area contributed by atoms with E-state index in [-0.39, 0.29) is 6.54 Å². The van der Waals surface area contributed by atoms with E-state index in [0.29, 0.717) is 10.0 Å². The van der Waals surface area contributed by atoms with Crippen molar-refractivity contribution in [2.24, 2.45) is 0 Å². The molecule has 11 heteroatoms. The zero-order valence-corrected chi connectivity index (χ0v) is 20.5. The highest BCUT2D eigenvalue weighted by Gasteiger charge is 2.29. The van der Waals surface area contributed by atoms with Crippen molar-refractivity contribution in [1.29, 1.82) is 0 Å². The van der Waals surface area contributed by atoms with E-state index in [2.05, 4.69) is 11.8 Å². The van der Waals surface area contributed by atoms with Crippen LogP contribution < -0.4 is 9.47 Å². The average Bonchev–Trinajstić information content (AvgIpc) is 3.24. The third-order valence-corrected chi connectivity index (χ3v) is 8.19. The SMILES string of the molecule is CCN1/C(=C/c2sc3ccc(Cl)cc3[n+]2CC(=O)N(C)S(=O)O)Sc2ccc(Cl)cc21. The molecule has 31 heavy (non-hydrogen) atoms. The second-order valence-corrected chi connectivity index (χ2v) is 10.7. The van der Waals surface area contributed by atoms with Gasteiger partial charge in [-0.3, -0.25) is 9.35 Å². The van der Waals surface area contributed by atoms with Gasteiger partial charge < -0.3 is 4.90 Å². The molecule has 2 aromatic carbocycles. The summed E-state index contributed by atoms with van der Waals surface area (Å²) in [4.78, 5) is 15.9. The largest absolute Gasteiger partial charge is 0.335 e. The van der Waals surface area contributed by atoms with Gasteiger partial charge in [0.05, 0.1) is 16.8 Å². The number of thiazole rings is 1. The molecule has 3 aromatic rings. The maximum absolute atomic E-state index is 12.6. The molecule has 1 aliphatic heterocycles. The van der Waals surface area contributed by atoms with Crippen molar-refractivity contribution >= 4 is 85.5 Å². The lowest BCUT2D eigenvalue weighted by molar-refractivity contribution is -0.656. The van der Waals surface area contributed by atoms with Crippen molar-refractivity contribution in [3.8, 4) is 0 Å². The van der Waals surface area contributed by atoms with Crippen LogP contribution >= 0.6 is 46.3 Å². The van der Waals surface area contributed by atoms with E-state index in [1.54, 1.807) is 23.9 Å². The van der Waals surface area contributed by atoms with E-state index in [1.807, 2.05) is 34.9 Å². The zero-order chi connectivity index (χ0) is 22.3. The molecule has 0 fully saturated rings. The lowest BCUT2D eigenvalue weighted by Gasteiger charge is -2.17. The van der Waals surface area contributed by atoms with Crippen LogP contribution in [0.5, 0.6) is 0 Å². The number of nitrogens with zero attached hydrogens (tertiary/aromatic N) is 3. The van der Waals surface area contributed by atoms with Crippen LogP contribution in [0.1, 0.15) is 11.9 Å². The molecule has 1 atom stereocenters. The molecule has 0 bridgehead atoms. The number of aromatic nitrogens is 1. The monoisotopic (exact) mass is 514 g/mol. The molecule has 162 valence electrons. The molecule has 0 aliphatic carbocycles. The van der Waals surface area contributed by atoms with Crippen molar-refractivity contribution in [2.75, 3.05) is 18.5 Å². The number of anilines is 1. The highest BCUT2D eigenvalue weighted by molar-refractivity contribution is 8.03. The molecule has 2 heterocycles. The Labute approximate surface area is 200 Å². The highest BCUT2D eigenvalue weighted by Crippen LogP contribution is 2.47. The maximum Gasteiger partial charge on any atom is 0.301 e.